The average molecular weight is 334 g/mol. The molecule has 0 spiro atoms. The molecule has 0 radical (unpaired) electrons. The zero-order valence-corrected chi connectivity index (χ0v) is 15.0. The Balaban J connectivity index is 1.71. The molecule has 1 atom stereocenters. The second-order valence-electron chi connectivity index (χ2n) is 6.87. The van der Waals surface area contributed by atoms with E-state index < -0.39 is 6.10 Å². The van der Waals surface area contributed by atoms with E-state index >= 15 is 0 Å². The second-order valence-corrected chi connectivity index (χ2v) is 6.87. The number of methoxy groups -OCH3 is 1. The molecule has 24 heavy (non-hydrogen) atoms. The molecule has 5 nitrogen and oxygen atoms in total. The van der Waals surface area contributed by atoms with E-state index in [0.29, 0.717) is 18.4 Å². The van der Waals surface area contributed by atoms with E-state index in [9.17, 15) is 9.90 Å². The molecule has 1 heterocycles. The maximum atomic E-state index is 12.1. The molecule has 1 aromatic rings. The molecule has 5 heteroatoms. The molecule has 2 N–H and O–H groups in total. The molecule has 2 rings (SSSR count). The summed E-state index contributed by atoms with van der Waals surface area (Å²) in [7, 11) is 1.61. The predicted molar refractivity (Wildman–Crippen MR) is 95.0 cm³/mol. The first-order valence-electron chi connectivity index (χ1n) is 8.82. The van der Waals surface area contributed by atoms with Crippen LogP contribution in [-0.2, 0) is 4.79 Å². The van der Waals surface area contributed by atoms with Crippen molar-refractivity contribution in [1.29, 1.82) is 0 Å². The van der Waals surface area contributed by atoms with Gasteiger partial charge >= 0.3 is 0 Å². The number of nitrogens with zero attached hydrogens (tertiary/aromatic N) is 1. The molecule has 134 valence electrons. The van der Waals surface area contributed by atoms with Gasteiger partial charge in [-0.25, -0.2) is 0 Å². The van der Waals surface area contributed by atoms with Crippen LogP contribution in [0.4, 0.5) is 0 Å². The minimum absolute atomic E-state index is 0.0329. The Morgan fingerprint density at radius 2 is 1.92 bits per heavy atom. The Labute approximate surface area is 145 Å². The molecule has 1 aromatic carbocycles. The highest BCUT2D eigenvalue weighted by Crippen LogP contribution is 2.22. The number of rotatable bonds is 7. The molecule has 1 amide bonds. The summed E-state index contributed by atoms with van der Waals surface area (Å²) in [4.78, 5) is 14.6. The van der Waals surface area contributed by atoms with E-state index in [0.717, 1.165) is 37.2 Å². The predicted octanol–water partition coefficient (Wildman–Crippen LogP) is 2.36. The quantitative estimate of drug-likeness (QED) is 0.803. The number of aliphatic hydroxyl groups excluding tert-OH is 1. The normalized spacial score (nSPS) is 17.7. The van der Waals surface area contributed by atoms with Gasteiger partial charge in [-0.05, 0) is 63.4 Å². The summed E-state index contributed by atoms with van der Waals surface area (Å²) in [6.45, 7) is 6.82. The van der Waals surface area contributed by atoms with Crippen LogP contribution in [0.1, 0.15) is 44.8 Å². The van der Waals surface area contributed by atoms with Crippen LogP contribution in [-0.4, -0.2) is 48.7 Å². The molecular formula is C19H30N2O3. The van der Waals surface area contributed by atoms with Gasteiger partial charge in [0, 0.05) is 19.0 Å². The van der Waals surface area contributed by atoms with Gasteiger partial charge < -0.3 is 20.1 Å². The van der Waals surface area contributed by atoms with E-state index in [-0.39, 0.29) is 12.5 Å². The fourth-order valence-corrected chi connectivity index (χ4v) is 3.16. The second kappa shape index (κ2) is 9.04. The lowest BCUT2D eigenvalue weighted by atomic mass is 9.92. The van der Waals surface area contributed by atoms with E-state index in [1.165, 1.54) is 0 Å². The Morgan fingerprint density at radius 3 is 2.46 bits per heavy atom. The molecule has 0 unspecified atom stereocenters. The average Bonchev–Trinajstić information content (AvgIpc) is 2.60. The highest BCUT2D eigenvalue weighted by atomic mass is 16.5. The number of benzene rings is 1. The zero-order chi connectivity index (χ0) is 17.5. The first-order valence-corrected chi connectivity index (χ1v) is 8.82. The minimum atomic E-state index is -0.692. The van der Waals surface area contributed by atoms with Crippen LogP contribution in [0, 0.1) is 5.92 Å². The molecule has 0 aromatic heterocycles. The summed E-state index contributed by atoms with van der Waals surface area (Å²) < 4.78 is 5.10. The molecule has 1 aliphatic heterocycles. The van der Waals surface area contributed by atoms with Gasteiger partial charge in [0.1, 0.15) is 5.75 Å². The number of piperidine rings is 1. The van der Waals surface area contributed by atoms with Crippen LogP contribution in [0.2, 0.25) is 0 Å². The van der Waals surface area contributed by atoms with Gasteiger partial charge in [0.15, 0.2) is 0 Å². The lowest BCUT2D eigenvalue weighted by Crippen LogP contribution is -2.40. The minimum Gasteiger partial charge on any atom is -0.497 e. The standard InChI is InChI=1S/C19H30N2O3/c1-14(2)21-10-8-15(9-11-21)12-19(23)20-13-18(22)16-4-6-17(24-3)7-5-16/h4-7,14-15,18,22H,8-13H2,1-3H3,(H,20,23)/t18-/m0/s1. The summed E-state index contributed by atoms with van der Waals surface area (Å²) >= 11 is 0. The lowest BCUT2D eigenvalue weighted by molar-refractivity contribution is -0.122. The highest BCUT2D eigenvalue weighted by Gasteiger charge is 2.22. The number of likely N-dealkylation sites (tertiary alicyclic amines) is 1. The van der Waals surface area contributed by atoms with E-state index in [1.807, 2.05) is 24.3 Å². The monoisotopic (exact) mass is 334 g/mol. The number of hydrogen-bond donors (Lipinski definition) is 2. The maximum absolute atomic E-state index is 12.1. The number of carbonyl (C=O) groups is 1. The number of carbonyl (C=O) groups excluding carboxylic acids is 1. The van der Waals surface area contributed by atoms with Crippen LogP contribution in [0.15, 0.2) is 24.3 Å². The van der Waals surface area contributed by atoms with E-state index in [4.69, 9.17) is 4.74 Å². The molecule has 0 bridgehead atoms. The van der Waals surface area contributed by atoms with Gasteiger partial charge in [-0.2, -0.15) is 0 Å². The lowest BCUT2D eigenvalue weighted by Gasteiger charge is -2.34. The summed E-state index contributed by atoms with van der Waals surface area (Å²) in [5.74, 6) is 1.24. The topological polar surface area (TPSA) is 61.8 Å². The zero-order valence-electron chi connectivity index (χ0n) is 15.0. The third kappa shape index (κ3) is 5.49. The van der Waals surface area contributed by atoms with Crippen molar-refractivity contribution in [3.63, 3.8) is 0 Å². The van der Waals surface area contributed by atoms with Crippen molar-refractivity contribution in [1.82, 2.24) is 10.2 Å². The number of aliphatic hydroxyl groups is 1. The molecule has 1 aliphatic rings. The Kier molecular flexibility index (Phi) is 7.06. The Bertz CT molecular complexity index is 508. The summed E-state index contributed by atoms with van der Waals surface area (Å²) in [6.07, 6.45) is 2.02. The molecule has 1 fully saturated rings. The van der Waals surface area contributed by atoms with Crippen molar-refractivity contribution in [3.05, 3.63) is 29.8 Å². The van der Waals surface area contributed by atoms with E-state index in [1.54, 1.807) is 7.11 Å². The number of amides is 1. The van der Waals surface area contributed by atoms with Crippen LogP contribution in [0.25, 0.3) is 0 Å². The van der Waals surface area contributed by atoms with Crippen LogP contribution < -0.4 is 10.1 Å². The van der Waals surface area contributed by atoms with Crippen molar-refractivity contribution in [2.24, 2.45) is 5.92 Å². The van der Waals surface area contributed by atoms with Gasteiger partial charge in [-0.15, -0.1) is 0 Å². The number of hydrogen-bond acceptors (Lipinski definition) is 4. The van der Waals surface area contributed by atoms with Gasteiger partial charge in [0.25, 0.3) is 0 Å². The highest BCUT2D eigenvalue weighted by molar-refractivity contribution is 5.76. The molecular weight excluding hydrogens is 304 g/mol. The van der Waals surface area contributed by atoms with E-state index in [2.05, 4.69) is 24.1 Å². The first-order chi connectivity index (χ1) is 11.5. The summed E-state index contributed by atoms with van der Waals surface area (Å²) in [5, 5.41) is 13.0. The van der Waals surface area contributed by atoms with Gasteiger partial charge in [0.05, 0.1) is 13.2 Å². The number of ether oxygens (including phenoxy) is 1. The molecule has 0 aliphatic carbocycles. The smallest absolute Gasteiger partial charge is 0.220 e. The van der Waals surface area contributed by atoms with Crippen molar-refractivity contribution >= 4 is 5.91 Å². The third-order valence-corrected chi connectivity index (χ3v) is 4.85. The van der Waals surface area contributed by atoms with Crippen molar-refractivity contribution in [2.75, 3.05) is 26.7 Å². The fourth-order valence-electron chi connectivity index (χ4n) is 3.16. The first kappa shape index (κ1) is 18.7. The van der Waals surface area contributed by atoms with Crippen molar-refractivity contribution in [2.45, 2.75) is 45.3 Å². The van der Waals surface area contributed by atoms with Crippen LogP contribution >= 0.6 is 0 Å². The van der Waals surface area contributed by atoms with Gasteiger partial charge in [0.2, 0.25) is 5.91 Å². The summed E-state index contributed by atoms with van der Waals surface area (Å²) in [5.41, 5.74) is 0.779. The Morgan fingerprint density at radius 1 is 1.29 bits per heavy atom. The van der Waals surface area contributed by atoms with Crippen LogP contribution in [0.5, 0.6) is 5.75 Å². The van der Waals surface area contributed by atoms with Crippen LogP contribution in [0.3, 0.4) is 0 Å². The molecule has 0 saturated carbocycles. The van der Waals surface area contributed by atoms with Crippen molar-refractivity contribution < 1.29 is 14.6 Å². The Hall–Kier alpha value is -1.59. The third-order valence-electron chi connectivity index (χ3n) is 4.85. The fraction of sp³-hybridized carbons (Fsp3) is 0.632. The number of nitrogens with one attached hydrogen (secondary N) is 1. The SMILES string of the molecule is COc1ccc([C@@H](O)CNC(=O)CC2CCN(C(C)C)CC2)cc1. The van der Waals surface area contributed by atoms with Gasteiger partial charge in [-0.3, -0.25) is 4.79 Å². The van der Waals surface area contributed by atoms with Gasteiger partial charge in [-0.1, -0.05) is 12.1 Å². The van der Waals surface area contributed by atoms with Crippen molar-refractivity contribution in [3.8, 4) is 5.75 Å². The summed E-state index contributed by atoms with van der Waals surface area (Å²) in [6, 6.07) is 7.83. The maximum Gasteiger partial charge on any atom is 0.220 e. The molecule has 1 saturated heterocycles. The largest absolute Gasteiger partial charge is 0.497 e.